The van der Waals surface area contributed by atoms with Gasteiger partial charge in [-0.1, -0.05) is 18.2 Å². The van der Waals surface area contributed by atoms with Crippen LogP contribution in [0, 0.1) is 0 Å². The molecular weight excluding hydrogens is 562 g/mol. The molecule has 1 saturated heterocycles. The molecule has 0 spiro atoms. The third kappa shape index (κ3) is 4.86. The van der Waals surface area contributed by atoms with E-state index in [-0.39, 0.29) is 37.3 Å². The van der Waals surface area contributed by atoms with Gasteiger partial charge in [0.05, 0.1) is 12.2 Å². The zero-order valence-electron chi connectivity index (χ0n) is 23.7. The van der Waals surface area contributed by atoms with Crippen LogP contribution in [-0.2, 0) is 13.1 Å². The summed E-state index contributed by atoms with van der Waals surface area (Å²) < 4.78 is 10.5. The molecule has 2 N–H and O–H groups in total. The van der Waals surface area contributed by atoms with Crippen LogP contribution in [-0.4, -0.2) is 60.5 Å². The maximum atomic E-state index is 13.9. The van der Waals surface area contributed by atoms with Crippen LogP contribution in [0.5, 0.6) is 5.75 Å². The number of allylic oxidation sites excluding steroid dienone is 1. The van der Waals surface area contributed by atoms with E-state index in [9.17, 15) is 24.3 Å². The molecule has 2 atom stereocenters. The number of nitrogens with zero attached hydrogens (tertiary/aromatic N) is 4. The zero-order valence-corrected chi connectivity index (χ0v) is 24.5. The number of nitrogens with one attached hydrogen (secondary N) is 1. The van der Waals surface area contributed by atoms with E-state index in [1.165, 1.54) is 21.2 Å². The van der Waals surface area contributed by atoms with E-state index in [0.717, 1.165) is 40.7 Å². The number of aromatic nitrogens is 3. The van der Waals surface area contributed by atoms with Crippen LogP contribution < -0.4 is 21.4 Å². The van der Waals surface area contributed by atoms with Crippen LogP contribution in [0.25, 0.3) is 5.69 Å². The number of piperidine rings is 1. The number of carbonyl (C=O) groups is 2. The molecule has 11 nitrogen and oxygen atoms in total. The lowest BCUT2D eigenvalue weighted by Crippen LogP contribution is -2.48. The molecule has 1 aromatic heterocycles. The number of hydrogen-bond acceptors (Lipinski definition) is 6. The van der Waals surface area contributed by atoms with Gasteiger partial charge < -0.3 is 15.2 Å². The van der Waals surface area contributed by atoms with Gasteiger partial charge in [-0.15, -0.1) is 12.4 Å². The largest absolute Gasteiger partial charge is 0.483 e. The summed E-state index contributed by atoms with van der Waals surface area (Å²) in [6, 6.07) is 11.3. The molecule has 3 aromatic rings. The Bertz CT molecular complexity index is 1690. The molecular formula is C30H34ClN5O6. The number of fused-ring (bicyclic) bond motifs is 5. The second-order valence-corrected chi connectivity index (χ2v) is 11.4. The fourth-order valence-electron chi connectivity index (χ4n) is 6.25. The SMILES string of the molecule is CC(=O)c1ccc(-n2c(=O)n3n(c2=O)C2C(=CC3)C(C)(C)Oc3cc(CN(C(=O)O)C4CCCNC4)ccc32)cc1.Cl. The Kier molecular flexibility index (Phi) is 7.67. The first-order valence-corrected chi connectivity index (χ1v) is 13.8. The van der Waals surface area contributed by atoms with Crippen molar-refractivity contribution < 1.29 is 19.4 Å². The average Bonchev–Trinajstić information content (AvgIpc) is 3.21. The molecule has 2 unspecified atom stereocenters. The third-order valence-electron chi connectivity index (χ3n) is 8.36. The van der Waals surface area contributed by atoms with E-state index in [2.05, 4.69) is 5.32 Å². The molecule has 42 heavy (non-hydrogen) atoms. The fraction of sp³-hybridized carbons (Fsp3) is 0.400. The predicted molar refractivity (Wildman–Crippen MR) is 158 cm³/mol. The number of benzene rings is 2. The number of halogens is 1. The van der Waals surface area contributed by atoms with E-state index in [1.54, 1.807) is 24.3 Å². The first-order valence-electron chi connectivity index (χ1n) is 13.8. The summed E-state index contributed by atoms with van der Waals surface area (Å²) in [5, 5.41) is 13.2. The molecule has 12 heteroatoms. The van der Waals surface area contributed by atoms with Gasteiger partial charge in [-0.05, 0) is 81.6 Å². The van der Waals surface area contributed by atoms with Gasteiger partial charge in [-0.25, -0.2) is 28.3 Å². The summed E-state index contributed by atoms with van der Waals surface area (Å²) >= 11 is 0. The standard InChI is InChI=1S/C30H33N5O6.ClH/c1-18(36)20-7-9-21(10-8-20)34-27(37)33-14-12-24-26(35(33)28(34)38)23-11-6-19(15-25(23)41-30(24,2)3)17-32(29(39)40)22-5-4-13-31-16-22;/h6-12,15,22,26,31H,4-5,13-14,16-17H2,1-3H3,(H,39,40);1H. The van der Waals surface area contributed by atoms with Crippen molar-refractivity contribution in [3.63, 3.8) is 0 Å². The van der Waals surface area contributed by atoms with E-state index >= 15 is 0 Å². The highest BCUT2D eigenvalue weighted by Crippen LogP contribution is 2.46. The maximum Gasteiger partial charge on any atom is 0.407 e. The quantitative estimate of drug-likeness (QED) is 0.342. The van der Waals surface area contributed by atoms with E-state index in [4.69, 9.17) is 4.74 Å². The summed E-state index contributed by atoms with van der Waals surface area (Å²) in [7, 11) is 0. The van der Waals surface area contributed by atoms with Crippen molar-refractivity contribution in [1.82, 2.24) is 24.1 Å². The topological polar surface area (TPSA) is 128 Å². The number of ether oxygens (including phenoxy) is 1. The summed E-state index contributed by atoms with van der Waals surface area (Å²) in [6.45, 7) is 7.24. The van der Waals surface area contributed by atoms with Crippen molar-refractivity contribution in [2.45, 2.75) is 64.4 Å². The number of carbonyl (C=O) groups excluding carboxylic acids is 1. The Morgan fingerprint density at radius 1 is 1.12 bits per heavy atom. The lowest BCUT2D eigenvalue weighted by molar-refractivity contribution is 0.101. The van der Waals surface area contributed by atoms with Crippen molar-refractivity contribution in [2.75, 3.05) is 13.1 Å². The maximum absolute atomic E-state index is 13.9. The van der Waals surface area contributed by atoms with E-state index < -0.39 is 29.1 Å². The summed E-state index contributed by atoms with van der Waals surface area (Å²) in [6.07, 6.45) is 2.69. The molecule has 222 valence electrons. The van der Waals surface area contributed by atoms with E-state index in [0.29, 0.717) is 23.5 Å². The first kappa shape index (κ1) is 29.4. The van der Waals surface area contributed by atoms with Gasteiger partial charge in [0.25, 0.3) is 0 Å². The van der Waals surface area contributed by atoms with Crippen LogP contribution in [0.4, 0.5) is 4.79 Å². The molecule has 0 radical (unpaired) electrons. The number of amides is 1. The minimum Gasteiger partial charge on any atom is -0.483 e. The zero-order chi connectivity index (χ0) is 29.1. The third-order valence-corrected chi connectivity index (χ3v) is 8.36. The molecule has 0 saturated carbocycles. The second kappa shape index (κ2) is 11.0. The Labute approximate surface area is 248 Å². The molecule has 1 fully saturated rings. The normalized spacial score (nSPS) is 20.1. The number of carboxylic acid groups (broad SMARTS) is 1. The Morgan fingerprint density at radius 2 is 1.86 bits per heavy atom. The molecule has 1 amide bonds. The summed E-state index contributed by atoms with van der Waals surface area (Å²) in [5.41, 5.74) is 1.51. The monoisotopic (exact) mass is 595 g/mol. The molecule has 0 aliphatic carbocycles. The van der Waals surface area contributed by atoms with Crippen molar-refractivity contribution in [3.05, 3.63) is 91.8 Å². The minimum absolute atomic E-state index is 0. The lowest BCUT2D eigenvalue weighted by Gasteiger charge is -2.42. The first-order chi connectivity index (χ1) is 19.6. The van der Waals surface area contributed by atoms with Gasteiger partial charge in [0.2, 0.25) is 0 Å². The van der Waals surface area contributed by atoms with Crippen LogP contribution in [0.15, 0.2) is 63.7 Å². The minimum atomic E-state index is -0.969. The van der Waals surface area contributed by atoms with Gasteiger partial charge >= 0.3 is 17.5 Å². The summed E-state index contributed by atoms with van der Waals surface area (Å²) in [4.78, 5) is 52.7. The van der Waals surface area contributed by atoms with Crippen LogP contribution in [0.3, 0.4) is 0 Å². The Morgan fingerprint density at radius 3 is 2.50 bits per heavy atom. The molecule has 4 heterocycles. The molecule has 2 aromatic carbocycles. The van der Waals surface area contributed by atoms with Gasteiger partial charge in [-0.3, -0.25) is 9.69 Å². The van der Waals surface area contributed by atoms with Crippen LogP contribution in [0.2, 0.25) is 0 Å². The fourth-order valence-corrected chi connectivity index (χ4v) is 6.25. The van der Waals surface area contributed by atoms with E-state index in [1.807, 2.05) is 38.1 Å². The number of rotatable bonds is 5. The highest BCUT2D eigenvalue weighted by Gasteiger charge is 2.44. The second-order valence-electron chi connectivity index (χ2n) is 11.4. The Balaban J connectivity index is 0.00000353. The molecule has 3 aliphatic heterocycles. The highest BCUT2D eigenvalue weighted by atomic mass is 35.5. The highest BCUT2D eigenvalue weighted by molar-refractivity contribution is 5.94. The van der Waals surface area contributed by atoms with Gasteiger partial charge in [0.15, 0.2) is 5.78 Å². The average molecular weight is 596 g/mol. The van der Waals surface area contributed by atoms with Crippen molar-refractivity contribution in [1.29, 1.82) is 0 Å². The van der Waals surface area contributed by atoms with Crippen molar-refractivity contribution >= 4 is 24.3 Å². The number of ketones is 1. The van der Waals surface area contributed by atoms with Crippen LogP contribution >= 0.6 is 12.4 Å². The molecule has 6 rings (SSSR count). The molecule has 3 aliphatic rings. The summed E-state index contributed by atoms with van der Waals surface area (Å²) in [5.74, 6) is 0.445. The van der Waals surface area contributed by atoms with Crippen LogP contribution in [0.1, 0.15) is 61.1 Å². The van der Waals surface area contributed by atoms with Gasteiger partial charge in [-0.2, -0.15) is 0 Å². The number of hydrogen-bond donors (Lipinski definition) is 2. The predicted octanol–water partition coefficient (Wildman–Crippen LogP) is 3.36. The smallest absolute Gasteiger partial charge is 0.407 e. The van der Waals surface area contributed by atoms with Crippen molar-refractivity contribution in [3.8, 4) is 11.4 Å². The van der Waals surface area contributed by atoms with Gasteiger partial charge in [0, 0.05) is 30.3 Å². The van der Waals surface area contributed by atoms with Crippen molar-refractivity contribution in [2.24, 2.45) is 0 Å². The van der Waals surface area contributed by atoms with Gasteiger partial charge in [0.1, 0.15) is 17.4 Å². The lowest BCUT2D eigenvalue weighted by atomic mass is 9.82. The Hall–Kier alpha value is -4.09. The number of Topliss-reactive ketones (excluding diaryl/α,β-unsaturated/α-hetero) is 1. The molecule has 0 bridgehead atoms.